The molecular weight excluding hydrogens is 258 g/mol. The molecule has 0 spiro atoms. The van der Waals surface area contributed by atoms with Crippen LogP contribution in [0.1, 0.15) is 13.3 Å². The Hall–Kier alpha value is -1.46. The molecule has 0 aliphatic heterocycles. The number of para-hydroxylation sites is 1. The first kappa shape index (κ1) is 14.0. The lowest BCUT2D eigenvalue weighted by Gasteiger charge is -2.18. The molecule has 1 N–H and O–H groups in total. The van der Waals surface area contributed by atoms with Gasteiger partial charge in [0.05, 0.1) is 30.9 Å². The molecule has 0 aliphatic rings. The molecule has 4 nitrogen and oxygen atoms in total. The summed E-state index contributed by atoms with van der Waals surface area (Å²) in [6.45, 7) is 3.39. The highest BCUT2D eigenvalue weighted by Gasteiger charge is 2.16. The smallest absolute Gasteiger partial charge is 0.225 e. The number of carbonyl (C=O) groups excluding carboxylic acids is 1. The SMILES string of the molecule is CC(=O)N(CCC[NH+](C)C)c1nc2ccccc2s1. The monoisotopic (exact) mass is 278 g/mol. The zero-order valence-corrected chi connectivity index (χ0v) is 12.5. The summed E-state index contributed by atoms with van der Waals surface area (Å²) in [4.78, 5) is 19.5. The van der Waals surface area contributed by atoms with Crippen molar-refractivity contribution in [1.29, 1.82) is 0 Å². The minimum atomic E-state index is 0.0628. The topological polar surface area (TPSA) is 37.6 Å². The normalized spacial score (nSPS) is 11.2. The first-order valence-electron chi connectivity index (χ1n) is 6.50. The van der Waals surface area contributed by atoms with Crippen LogP contribution in [0.4, 0.5) is 5.13 Å². The molecule has 2 aromatic rings. The molecular formula is C14H20N3OS+. The Labute approximate surface area is 117 Å². The largest absolute Gasteiger partial charge is 0.340 e. The lowest BCUT2D eigenvalue weighted by atomic mass is 10.3. The first-order chi connectivity index (χ1) is 9.08. The van der Waals surface area contributed by atoms with Gasteiger partial charge in [0.25, 0.3) is 0 Å². The average molecular weight is 278 g/mol. The number of fused-ring (bicyclic) bond motifs is 1. The molecule has 5 heteroatoms. The summed E-state index contributed by atoms with van der Waals surface area (Å²) < 4.78 is 1.13. The number of aromatic nitrogens is 1. The van der Waals surface area contributed by atoms with E-state index < -0.39 is 0 Å². The highest BCUT2D eigenvalue weighted by atomic mass is 32.1. The molecule has 0 bridgehead atoms. The van der Waals surface area contributed by atoms with Crippen molar-refractivity contribution in [3.8, 4) is 0 Å². The van der Waals surface area contributed by atoms with Gasteiger partial charge in [-0.05, 0) is 12.1 Å². The van der Waals surface area contributed by atoms with Crippen LogP contribution in [0.2, 0.25) is 0 Å². The van der Waals surface area contributed by atoms with Crippen molar-refractivity contribution in [1.82, 2.24) is 4.98 Å². The molecule has 0 aliphatic carbocycles. The van der Waals surface area contributed by atoms with Crippen molar-refractivity contribution < 1.29 is 9.69 Å². The Balaban J connectivity index is 2.16. The van der Waals surface area contributed by atoms with E-state index in [0.717, 1.165) is 34.9 Å². The standard InChI is InChI=1S/C14H19N3OS/c1-11(18)17(10-6-9-16(2)3)14-15-12-7-4-5-8-13(12)19-14/h4-5,7-8H,6,9-10H2,1-3H3/p+1. The number of benzene rings is 1. The van der Waals surface area contributed by atoms with Crippen molar-refractivity contribution in [2.75, 3.05) is 32.1 Å². The summed E-state index contributed by atoms with van der Waals surface area (Å²) in [6.07, 6.45) is 0.984. The van der Waals surface area contributed by atoms with Crippen molar-refractivity contribution in [3.63, 3.8) is 0 Å². The first-order valence-corrected chi connectivity index (χ1v) is 7.32. The number of anilines is 1. The molecule has 19 heavy (non-hydrogen) atoms. The molecule has 1 heterocycles. The molecule has 0 fully saturated rings. The molecule has 1 amide bonds. The number of hydrogen-bond donors (Lipinski definition) is 1. The summed E-state index contributed by atoms with van der Waals surface area (Å²) in [5.41, 5.74) is 0.965. The van der Waals surface area contributed by atoms with Crippen molar-refractivity contribution in [3.05, 3.63) is 24.3 Å². The van der Waals surface area contributed by atoms with E-state index in [1.54, 1.807) is 23.2 Å². The van der Waals surface area contributed by atoms with E-state index in [-0.39, 0.29) is 5.91 Å². The third kappa shape index (κ3) is 3.52. The molecule has 2 rings (SSSR count). The number of amides is 1. The molecule has 0 saturated heterocycles. The fraction of sp³-hybridized carbons (Fsp3) is 0.429. The van der Waals surface area contributed by atoms with E-state index in [1.807, 2.05) is 24.3 Å². The van der Waals surface area contributed by atoms with E-state index in [1.165, 1.54) is 4.90 Å². The number of thiazole rings is 1. The zero-order chi connectivity index (χ0) is 13.8. The minimum absolute atomic E-state index is 0.0628. The Morgan fingerprint density at radius 1 is 1.37 bits per heavy atom. The Bertz CT molecular complexity index is 532. The summed E-state index contributed by atoms with van der Waals surface area (Å²) in [5.74, 6) is 0.0628. The van der Waals surface area contributed by atoms with Crippen LogP contribution >= 0.6 is 11.3 Å². The molecule has 0 saturated carbocycles. The lowest BCUT2D eigenvalue weighted by molar-refractivity contribution is -0.858. The summed E-state index contributed by atoms with van der Waals surface area (Å²) >= 11 is 1.58. The summed E-state index contributed by atoms with van der Waals surface area (Å²) in [7, 11) is 4.24. The second-order valence-electron chi connectivity index (χ2n) is 4.95. The van der Waals surface area contributed by atoms with Crippen LogP contribution in [-0.4, -0.2) is 38.1 Å². The van der Waals surface area contributed by atoms with Crippen LogP contribution in [0.3, 0.4) is 0 Å². The maximum Gasteiger partial charge on any atom is 0.225 e. The van der Waals surface area contributed by atoms with Gasteiger partial charge in [-0.15, -0.1) is 0 Å². The van der Waals surface area contributed by atoms with Crippen LogP contribution < -0.4 is 9.80 Å². The highest BCUT2D eigenvalue weighted by Crippen LogP contribution is 2.28. The molecule has 1 aromatic carbocycles. The number of rotatable bonds is 5. The van der Waals surface area contributed by atoms with E-state index in [2.05, 4.69) is 19.1 Å². The predicted molar refractivity (Wildman–Crippen MR) is 79.9 cm³/mol. The van der Waals surface area contributed by atoms with Gasteiger partial charge in [-0.25, -0.2) is 4.98 Å². The number of nitrogens with one attached hydrogen (secondary N) is 1. The van der Waals surface area contributed by atoms with Gasteiger partial charge in [0.2, 0.25) is 5.91 Å². The van der Waals surface area contributed by atoms with Crippen molar-refractivity contribution >= 4 is 32.6 Å². The maximum absolute atomic E-state index is 11.8. The van der Waals surface area contributed by atoms with Gasteiger partial charge >= 0.3 is 0 Å². The van der Waals surface area contributed by atoms with Crippen LogP contribution in [0.5, 0.6) is 0 Å². The predicted octanol–water partition coefficient (Wildman–Crippen LogP) is 1.18. The van der Waals surface area contributed by atoms with Crippen LogP contribution in [0.15, 0.2) is 24.3 Å². The van der Waals surface area contributed by atoms with Crippen molar-refractivity contribution in [2.24, 2.45) is 0 Å². The van der Waals surface area contributed by atoms with Gasteiger partial charge in [-0.2, -0.15) is 0 Å². The molecule has 0 atom stereocenters. The second-order valence-corrected chi connectivity index (χ2v) is 5.95. The van der Waals surface area contributed by atoms with Gasteiger partial charge in [0, 0.05) is 19.9 Å². The van der Waals surface area contributed by atoms with Gasteiger partial charge < -0.3 is 4.90 Å². The van der Waals surface area contributed by atoms with E-state index in [0.29, 0.717) is 0 Å². The lowest BCUT2D eigenvalue weighted by Crippen LogP contribution is -3.05. The molecule has 0 unspecified atom stereocenters. The summed E-state index contributed by atoms with van der Waals surface area (Å²) in [6, 6.07) is 7.99. The fourth-order valence-corrected chi connectivity index (χ4v) is 2.99. The van der Waals surface area contributed by atoms with Crippen LogP contribution in [0, 0.1) is 0 Å². The van der Waals surface area contributed by atoms with E-state index >= 15 is 0 Å². The second kappa shape index (κ2) is 6.12. The van der Waals surface area contributed by atoms with Gasteiger partial charge in [-0.3, -0.25) is 9.69 Å². The van der Waals surface area contributed by atoms with Gasteiger partial charge in [0.15, 0.2) is 5.13 Å². The van der Waals surface area contributed by atoms with E-state index in [9.17, 15) is 4.79 Å². The highest BCUT2D eigenvalue weighted by molar-refractivity contribution is 7.22. The molecule has 102 valence electrons. The number of hydrogen-bond acceptors (Lipinski definition) is 3. The quantitative estimate of drug-likeness (QED) is 0.892. The number of nitrogens with zero attached hydrogens (tertiary/aromatic N) is 2. The maximum atomic E-state index is 11.8. The third-order valence-corrected chi connectivity index (χ3v) is 4.01. The van der Waals surface area contributed by atoms with E-state index in [4.69, 9.17) is 0 Å². The Morgan fingerprint density at radius 2 is 2.11 bits per heavy atom. The van der Waals surface area contributed by atoms with Gasteiger partial charge in [0.1, 0.15) is 0 Å². The zero-order valence-electron chi connectivity index (χ0n) is 11.6. The van der Waals surface area contributed by atoms with Gasteiger partial charge in [-0.1, -0.05) is 23.5 Å². The van der Waals surface area contributed by atoms with Crippen LogP contribution in [-0.2, 0) is 4.79 Å². The fourth-order valence-electron chi connectivity index (χ4n) is 1.95. The third-order valence-electron chi connectivity index (χ3n) is 2.95. The van der Waals surface area contributed by atoms with Crippen molar-refractivity contribution in [2.45, 2.75) is 13.3 Å². The molecule has 0 radical (unpaired) electrons. The minimum Gasteiger partial charge on any atom is -0.340 e. The average Bonchev–Trinajstić information content (AvgIpc) is 2.76. The Morgan fingerprint density at radius 3 is 2.74 bits per heavy atom. The van der Waals surface area contributed by atoms with Crippen LogP contribution in [0.25, 0.3) is 10.2 Å². The Kier molecular flexibility index (Phi) is 4.50. The summed E-state index contributed by atoms with van der Waals surface area (Å²) in [5, 5.41) is 0.808. The number of carbonyl (C=O) groups is 1. The molecule has 1 aromatic heterocycles. The number of quaternary nitrogens is 1.